The third-order valence-electron chi connectivity index (χ3n) is 3.87. The maximum absolute atomic E-state index is 12.1. The molecular weight excluding hydrogens is 378 g/mol. The van der Waals surface area contributed by atoms with Gasteiger partial charge in [-0.15, -0.1) is 10.2 Å². The van der Waals surface area contributed by atoms with E-state index < -0.39 is 17.1 Å². The van der Waals surface area contributed by atoms with Crippen LogP contribution in [0.5, 0.6) is 5.88 Å². The maximum Gasteiger partial charge on any atom is 0.335 e. The molecule has 0 amide bonds. The smallest absolute Gasteiger partial charge is 0.335 e. The van der Waals surface area contributed by atoms with E-state index >= 15 is 0 Å². The highest BCUT2D eigenvalue weighted by molar-refractivity contribution is 7.18. The molecular formula is C19H13N5O3S. The Bertz CT molecular complexity index is 1260. The standard InChI is InChI=1S/C19H13N5O3S/c25-15-14(17(26)24(19(27)21-15)13-9-5-2-6-10-13)11-20-18-23-22-16(28-18)12-7-3-1-4-8-12/h1-11,26H,(H,21,25,27)/b20-11+. The van der Waals surface area contributed by atoms with Crippen LogP contribution in [-0.4, -0.2) is 31.1 Å². The first-order chi connectivity index (χ1) is 13.6. The van der Waals surface area contributed by atoms with Crippen molar-refractivity contribution >= 4 is 22.7 Å². The third kappa shape index (κ3) is 3.38. The van der Waals surface area contributed by atoms with Gasteiger partial charge in [-0.25, -0.2) is 14.4 Å². The lowest BCUT2D eigenvalue weighted by Gasteiger charge is -2.08. The molecule has 2 aromatic carbocycles. The van der Waals surface area contributed by atoms with Gasteiger partial charge < -0.3 is 5.11 Å². The summed E-state index contributed by atoms with van der Waals surface area (Å²) in [5.41, 5.74) is -0.322. The average molecular weight is 391 g/mol. The van der Waals surface area contributed by atoms with Gasteiger partial charge in [0.1, 0.15) is 10.6 Å². The van der Waals surface area contributed by atoms with E-state index in [0.717, 1.165) is 10.1 Å². The predicted molar refractivity (Wildman–Crippen MR) is 107 cm³/mol. The molecule has 2 heterocycles. The van der Waals surface area contributed by atoms with Crippen LogP contribution in [0.15, 0.2) is 75.2 Å². The van der Waals surface area contributed by atoms with E-state index in [-0.39, 0.29) is 5.56 Å². The number of aromatic nitrogens is 4. The molecule has 0 spiro atoms. The van der Waals surface area contributed by atoms with Crippen LogP contribution < -0.4 is 11.2 Å². The maximum atomic E-state index is 12.1. The fourth-order valence-electron chi connectivity index (χ4n) is 2.56. The molecule has 0 aliphatic heterocycles. The topological polar surface area (TPSA) is 113 Å². The Morgan fingerprint density at radius 1 is 1.00 bits per heavy atom. The van der Waals surface area contributed by atoms with Gasteiger partial charge >= 0.3 is 5.69 Å². The lowest BCUT2D eigenvalue weighted by Crippen LogP contribution is -2.31. The van der Waals surface area contributed by atoms with Gasteiger partial charge in [-0.1, -0.05) is 59.9 Å². The Morgan fingerprint density at radius 2 is 1.68 bits per heavy atom. The van der Waals surface area contributed by atoms with E-state index in [2.05, 4.69) is 20.2 Å². The molecule has 0 bridgehead atoms. The zero-order valence-electron chi connectivity index (χ0n) is 14.3. The van der Waals surface area contributed by atoms with Gasteiger partial charge in [-0.3, -0.25) is 9.78 Å². The lowest BCUT2D eigenvalue weighted by atomic mass is 10.2. The van der Waals surface area contributed by atoms with Gasteiger partial charge in [-0.05, 0) is 12.1 Å². The summed E-state index contributed by atoms with van der Waals surface area (Å²) in [6.45, 7) is 0. The number of rotatable bonds is 4. The quantitative estimate of drug-likeness (QED) is 0.519. The molecule has 138 valence electrons. The number of aliphatic imine (C=N–C) groups is 1. The number of para-hydroxylation sites is 1. The fourth-order valence-corrected chi connectivity index (χ4v) is 3.25. The molecule has 0 atom stereocenters. The zero-order valence-corrected chi connectivity index (χ0v) is 15.1. The number of hydrogen-bond acceptors (Lipinski definition) is 7. The summed E-state index contributed by atoms with van der Waals surface area (Å²) in [4.78, 5) is 30.6. The van der Waals surface area contributed by atoms with Crippen molar-refractivity contribution in [2.24, 2.45) is 4.99 Å². The molecule has 0 aliphatic carbocycles. The summed E-state index contributed by atoms with van der Waals surface area (Å²) in [5.74, 6) is -0.503. The highest BCUT2D eigenvalue weighted by Crippen LogP contribution is 2.27. The first-order valence-electron chi connectivity index (χ1n) is 8.20. The van der Waals surface area contributed by atoms with Crippen LogP contribution in [0.25, 0.3) is 16.3 Å². The first kappa shape index (κ1) is 17.6. The van der Waals surface area contributed by atoms with Crippen molar-refractivity contribution in [3.05, 3.63) is 87.1 Å². The summed E-state index contributed by atoms with van der Waals surface area (Å²) in [6, 6.07) is 18.0. The highest BCUT2D eigenvalue weighted by Gasteiger charge is 2.14. The van der Waals surface area contributed by atoms with Gasteiger partial charge in [0.05, 0.1) is 5.69 Å². The molecule has 2 N–H and O–H groups in total. The summed E-state index contributed by atoms with van der Waals surface area (Å²) in [6.07, 6.45) is 1.17. The molecule has 2 aromatic heterocycles. The average Bonchev–Trinajstić information content (AvgIpc) is 3.18. The molecule has 4 aromatic rings. The summed E-state index contributed by atoms with van der Waals surface area (Å²) >= 11 is 1.24. The van der Waals surface area contributed by atoms with Gasteiger partial charge in [-0.2, -0.15) is 0 Å². The van der Waals surface area contributed by atoms with Crippen LogP contribution in [0.4, 0.5) is 5.13 Å². The number of aromatic amines is 1. The van der Waals surface area contributed by atoms with E-state index in [1.807, 2.05) is 30.3 Å². The Kier molecular flexibility index (Phi) is 4.65. The van der Waals surface area contributed by atoms with E-state index in [9.17, 15) is 14.7 Å². The Balaban J connectivity index is 1.72. The van der Waals surface area contributed by atoms with Crippen LogP contribution in [0, 0.1) is 0 Å². The number of aromatic hydroxyl groups is 1. The molecule has 0 radical (unpaired) electrons. The first-order valence-corrected chi connectivity index (χ1v) is 9.02. The van der Waals surface area contributed by atoms with Crippen molar-refractivity contribution in [3.8, 4) is 22.1 Å². The van der Waals surface area contributed by atoms with Crippen molar-refractivity contribution in [2.75, 3.05) is 0 Å². The normalized spacial score (nSPS) is 11.1. The number of H-pyrrole nitrogens is 1. The monoisotopic (exact) mass is 391 g/mol. The van der Waals surface area contributed by atoms with E-state index in [1.54, 1.807) is 30.3 Å². The second-order valence-electron chi connectivity index (χ2n) is 5.68. The van der Waals surface area contributed by atoms with Gasteiger partial charge in [0.2, 0.25) is 11.0 Å². The van der Waals surface area contributed by atoms with Crippen molar-refractivity contribution < 1.29 is 5.11 Å². The molecule has 8 nitrogen and oxygen atoms in total. The zero-order chi connectivity index (χ0) is 19.5. The fraction of sp³-hybridized carbons (Fsp3) is 0. The molecule has 0 fully saturated rings. The minimum Gasteiger partial charge on any atom is -0.493 e. The largest absolute Gasteiger partial charge is 0.493 e. The Labute approximate surface area is 162 Å². The lowest BCUT2D eigenvalue weighted by molar-refractivity contribution is 0.430. The highest BCUT2D eigenvalue weighted by atomic mass is 32.1. The van der Waals surface area contributed by atoms with E-state index in [1.165, 1.54) is 17.6 Å². The summed E-state index contributed by atoms with van der Waals surface area (Å²) in [7, 11) is 0. The number of benzene rings is 2. The van der Waals surface area contributed by atoms with Crippen LogP contribution in [0.3, 0.4) is 0 Å². The summed E-state index contributed by atoms with van der Waals surface area (Å²) < 4.78 is 0.998. The van der Waals surface area contributed by atoms with Crippen molar-refractivity contribution in [1.82, 2.24) is 19.7 Å². The van der Waals surface area contributed by atoms with Crippen molar-refractivity contribution in [2.45, 2.75) is 0 Å². The molecule has 0 unspecified atom stereocenters. The second-order valence-corrected chi connectivity index (χ2v) is 6.64. The molecule has 0 saturated heterocycles. The summed E-state index contributed by atoms with van der Waals surface area (Å²) in [5, 5.41) is 19.5. The third-order valence-corrected chi connectivity index (χ3v) is 4.75. The van der Waals surface area contributed by atoms with E-state index in [4.69, 9.17) is 0 Å². The number of nitrogens with zero attached hydrogens (tertiary/aromatic N) is 4. The Morgan fingerprint density at radius 3 is 2.39 bits per heavy atom. The number of nitrogens with one attached hydrogen (secondary N) is 1. The molecule has 4 rings (SSSR count). The number of hydrogen-bond donors (Lipinski definition) is 2. The minimum atomic E-state index is -0.744. The predicted octanol–water partition coefficient (Wildman–Crippen LogP) is 2.50. The van der Waals surface area contributed by atoms with Crippen LogP contribution in [-0.2, 0) is 0 Å². The molecule has 28 heavy (non-hydrogen) atoms. The van der Waals surface area contributed by atoms with Gasteiger partial charge in [0.25, 0.3) is 5.56 Å². The SMILES string of the molecule is O=c1[nH]c(=O)n(-c2ccccc2)c(O)c1/C=N/c1nnc(-c2ccccc2)s1. The van der Waals surface area contributed by atoms with E-state index in [0.29, 0.717) is 15.8 Å². The molecule has 0 aliphatic rings. The Hall–Kier alpha value is -3.85. The molecule has 9 heteroatoms. The second kappa shape index (κ2) is 7.41. The van der Waals surface area contributed by atoms with Crippen LogP contribution in [0.1, 0.15) is 5.56 Å². The van der Waals surface area contributed by atoms with Gasteiger partial charge in [0, 0.05) is 11.8 Å². The van der Waals surface area contributed by atoms with Crippen molar-refractivity contribution in [3.63, 3.8) is 0 Å². The van der Waals surface area contributed by atoms with Crippen LogP contribution >= 0.6 is 11.3 Å². The van der Waals surface area contributed by atoms with Crippen LogP contribution in [0.2, 0.25) is 0 Å². The van der Waals surface area contributed by atoms with Gasteiger partial charge in [0.15, 0.2) is 0 Å². The molecule has 0 saturated carbocycles. The van der Waals surface area contributed by atoms with Crippen molar-refractivity contribution in [1.29, 1.82) is 0 Å². The minimum absolute atomic E-state index is 0.153.